The summed E-state index contributed by atoms with van der Waals surface area (Å²) in [7, 11) is 0. The summed E-state index contributed by atoms with van der Waals surface area (Å²) in [6.45, 7) is 4.18. The summed E-state index contributed by atoms with van der Waals surface area (Å²) in [5.74, 6) is 0.888. The van der Waals surface area contributed by atoms with Crippen molar-refractivity contribution >= 4 is 26.7 Å². The van der Waals surface area contributed by atoms with Crippen LogP contribution in [0.25, 0.3) is 10.8 Å². The molecular formula is C14H13BrO. The number of hydrogen-bond acceptors (Lipinski definition) is 1. The van der Waals surface area contributed by atoms with Crippen molar-refractivity contribution < 1.29 is 4.74 Å². The van der Waals surface area contributed by atoms with Crippen molar-refractivity contribution in [3.63, 3.8) is 0 Å². The maximum Gasteiger partial charge on any atom is 0.120 e. The fraction of sp³-hybridized carbons (Fsp3) is 0.143. The van der Waals surface area contributed by atoms with Gasteiger partial charge in [0.15, 0.2) is 0 Å². The molecule has 0 aliphatic rings. The maximum atomic E-state index is 5.49. The fourth-order valence-electron chi connectivity index (χ4n) is 1.60. The van der Waals surface area contributed by atoms with Gasteiger partial charge in [0.05, 0.1) is 0 Å². The third-order valence-electron chi connectivity index (χ3n) is 2.40. The van der Waals surface area contributed by atoms with Crippen molar-refractivity contribution in [2.45, 2.75) is 5.33 Å². The van der Waals surface area contributed by atoms with Gasteiger partial charge in [-0.15, -0.1) is 0 Å². The van der Waals surface area contributed by atoms with E-state index in [1.54, 1.807) is 6.08 Å². The number of hydrogen-bond donors (Lipinski definition) is 0. The van der Waals surface area contributed by atoms with Gasteiger partial charge in [-0.3, -0.25) is 0 Å². The molecule has 0 atom stereocenters. The molecular weight excluding hydrogens is 264 g/mol. The molecule has 0 aliphatic heterocycles. The molecule has 0 aromatic heterocycles. The van der Waals surface area contributed by atoms with Crippen LogP contribution in [0.2, 0.25) is 0 Å². The van der Waals surface area contributed by atoms with E-state index in [0.29, 0.717) is 6.61 Å². The first kappa shape index (κ1) is 11.2. The molecule has 0 spiro atoms. The first-order chi connectivity index (χ1) is 7.83. The average Bonchev–Trinajstić information content (AvgIpc) is 2.35. The van der Waals surface area contributed by atoms with Crippen LogP contribution in [0.1, 0.15) is 5.56 Å². The Kier molecular flexibility index (Phi) is 3.62. The van der Waals surface area contributed by atoms with Crippen LogP contribution in [-0.2, 0) is 5.33 Å². The van der Waals surface area contributed by atoms with Crippen molar-refractivity contribution in [3.05, 3.63) is 54.6 Å². The third-order valence-corrected chi connectivity index (χ3v) is 3.05. The van der Waals surface area contributed by atoms with Gasteiger partial charge < -0.3 is 4.74 Å². The SMILES string of the molecule is C=CCOc1ccc2cc(CBr)ccc2c1. The molecule has 2 aromatic rings. The van der Waals surface area contributed by atoms with E-state index in [1.165, 1.54) is 16.3 Å². The second-order valence-electron chi connectivity index (χ2n) is 3.58. The first-order valence-corrected chi connectivity index (χ1v) is 6.28. The Morgan fingerprint density at radius 2 is 1.88 bits per heavy atom. The number of halogens is 1. The van der Waals surface area contributed by atoms with Crippen LogP contribution >= 0.6 is 15.9 Å². The molecule has 1 nitrogen and oxygen atoms in total. The quantitative estimate of drug-likeness (QED) is 0.598. The minimum absolute atomic E-state index is 0.547. The molecule has 0 fully saturated rings. The van der Waals surface area contributed by atoms with Gasteiger partial charge in [0.1, 0.15) is 12.4 Å². The van der Waals surface area contributed by atoms with E-state index in [4.69, 9.17) is 4.74 Å². The zero-order valence-electron chi connectivity index (χ0n) is 8.95. The Hall–Kier alpha value is -1.28. The summed E-state index contributed by atoms with van der Waals surface area (Å²) in [5.41, 5.74) is 1.28. The average molecular weight is 277 g/mol. The summed E-state index contributed by atoms with van der Waals surface area (Å²) >= 11 is 3.46. The molecule has 0 bridgehead atoms. The lowest BCUT2D eigenvalue weighted by Crippen LogP contribution is -1.92. The molecule has 0 saturated heterocycles. The number of ether oxygens (including phenoxy) is 1. The lowest BCUT2D eigenvalue weighted by molar-refractivity contribution is 0.364. The van der Waals surface area contributed by atoms with Crippen LogP contribution in [0.5, 0.6) is 5.75 Å². The molecule has 0 amide bonds. The molecule has 0 radical (unpaired) electrons. The van der Waals surface area contributed by atoms with Crippen LogP contribution in [0.4, 0.5) is 0 Å². The van der Waals surface area contributed by atoms with E-state index >= 15 is 0 Å². The Morgan fingerprint density at radius 1 is 1.12 bits per heavy atom. The van der Waals surface area contributed by atoms with Gasteiger partial charge >= 0.3 is 0 Å². The second-order valence-corrected chi connectivity index (χ2v) is 4.14. The van der Waals surface area contributed by atoms with Crippen molar-refractivity contribution in [2.75, 3.05) is 6.61 Å². The first-order valence-electron chi connectivity index (χ1n) is 5.16. The fourth-order valence-corrected chi connectivity index (χ4v) is 1.95. The topological polar surface area (TPSA) is 9.23 Å². The maximum absolute atomic E-state index is 5.49. The van der Waals surface area contributed by atoms with Gasteiger partial charge in [0, 0.05) is 5.33 Å². The lowest BCUT2D eigenvalue weighted by Gasteiger charge is -2.05. The smallest absolute Gasteiger partial charge is 0.120 e. The third kappa shape index (κ3) is 2.45. The molecule has 0 unspecified atom stereocenters. The predicted molar refractivity (Wildman–Crippen MR) is 72.3 cm³/mol. The van der Waals surface area contributed by atoms with Crippen molar-refractivity contribution in [1.82, 2.24) is 0 Å². The molecule has 0 heterocycles. The van der Waals surface area contributed by atoms with E-state index in [9.17, 15) is 0 Å². The summed E-state index contributed by atoms with van der Waals surface area (Å²) in [4.78, 5) is 0. The normalized spacial score (nSPS) is 10.3. The highest BCUT2D eigenvalue weighted by atomic mass is 79.9. The highest BCUT2D eigenvalue weighted by molar-refractivity contribution is 9.08. The monoisotopic (exact) mass is 276 g/mol. The number of benzene rings is 2. The Labute approximate surface area is 104 Å². The standard InChI is InChI=1S/C14H13BrO/c1-2-7-16-14-6-5-12-8-11(10-15)3-4-13(12)9-14/h2-6,8-9H,1,7,10H2. The van der Waals surface area contributed by atoms with E-state index in [2.05, 4.69) is 52.8 Å². The molecule has 0 N–H and O–H groups in total. The molecule has 2 rings (SSSR count). The van der Waals surface area contributed by atoms with Gasteiger partial charge in [-0.1, -0.05) is 52.9 Å². The van der Waals surface area contributed by atoms with Gasteiger partial charge in [-0.25, -0.2) is 0 Å². The summed E-state index contributed by atoms with van der Waals surface area (Å²) in [5, 5.41) is 3.33. The van der Waals surface area contributed by atoms with Gasteiger partial charge in [-0.2, -0.15) is 0 Å². The highest BCUT2D eigenvalue weighted by Gasteiger charge is 1.98. The van der Waals surface area contributed by atoms with Crippen molar-refractivity contribution in [2.24, 2.45) is 0 Å². The van der Waals surface area contributed by atoms with E-state index < -0.39 is 0 Å². The Morgan fingerprint density at radius 3 is 2.62 bits per heavy atom. The molecule has 16 heavy (non-hydrogen) atoms. The van der Waals surface area contributed by atoms with Crippen LogP contribution in [0, 0.1) is 0 Å². The van der Waals surface area contributed by atoms with Crippen LogP contribution in [0.15, 0.2) is 49.1 Å². The summed E-state index contributed by atoms with van der Waals surface area (Å²) in [6.07, 6.45) is 1.75. The molecule has 2 aromatic carbocycles. The molecule has 82 valence electrons. The summed E-state index contributed by atoms with van der Waals surface area (Å²) < 4.78 is 5.49. The Bertz CT molecular complexity index is 505. The van der Waals surface area contributed by atoms with Gasteiger partial charge in [0.25, 0.3) is 0 Å². The van der Waals surface area contributed by atoms with Crippen LogP contribution < -0.4 is 4.74 Å². The largest absolute Gasteiger partial charge is 0.490 e. The van der Waals surface area contributed by atoms with E-state index in [-0.39, 0.29) is 0 Å². The summed E-state index contributed by atoms with van der Waals surface area (Å²) in [6, 6.07) is 12.5. The second kappa shape index (κ2) is 5.17. The van der Waals surface area contributed by atoms with Crippen molar-refractivity contribution in [1.29, 1.82) is 0 Å². The predicted octanol–water partition coefficient (Wildman–Crippen LogP) is 4.30. The minimum atomic E-state index is 0.547. The molecule has 0 saturated carbocycles. The Balaban J connectivity index is 2.35. The van der Waals surface area contributed by atoms with Crippen LogP contribution in [-0.4, -0.2) is 6.61 Å². The van der Waals surface area contributed by atoms with Crippen LogP contribution in [0.3, 0.4) is 0 Å². The zero-order valence-corrected chi connectivity index (χ0v) is 10.5. The van der Waals surface area contributed by atoms with Gasteiger partial charge in [-0.05, 0) is 28.5 Å². The van der Waals surface area contributed by atoms with Gasteiger partial charge in [0.2, 0.25) is 0 Å². The van der Waals surface area contributed by atoms with E-state index in [1.807, 2.05) is 6.07 Å². The molecule has 2 heteroatoms. The minimum Gasteiger partial charge on any atom is -0.490 e. The lowest BCUT2D eigenvalue weighted by atomic mass is 10.1. The molecule has 0 aliphatic carbocycles. The number of fused-ring (bicyclic) bond motifs is 1. The highest BCUT2D eigenvalue weighted by Crippen LogP contribution is 2.22. The van der Waals surface area contributed by atoms with Crippen molar-refractivity contribution in [3.8, 4) is 5.75 Å². The zero-order chi connectivity index (χ0) is 11.4. The van der Waals surface area contributed by atoms with E-state index in [0.717, 1.165) is 11.1 Å². The number of alkyl halides is 1. The number of rotatable bonds is 4.